The summed E-state index contributed by atoms with van der Waals surface area (Å²) in [5, 5.41) is 7.73. The van der Waals surface area contributed by atoms with E-state index in [0.29, 0.717) is 13.2 Å². The van der Waals surface area contributed by atoms with E-state index < -0.39 is 5.54 Å². The molecule has 0 bridgehead atoms. The number of nitrogens with zero attached hydrogens (tertiary/aromatic N) is 3. The summed E-state index contributed by atoms with van der Waals surface area (Å²) < 4.78 is 7.53. The van der Waals surface area contributed by atoms with Gasteiger partial charge in [-0.3, -0.25) is 9.48 Å². The van der Waals surface area contributed by atoms with Crippen LogP contribution in [0.1, 0.15) is 25.3 Å². The number of hydrogen-bond donors (Lipinski definition) is 1. The van der Waals surface area contributed by atoms with E-state index in [-0.39, 0.29) is 18.3 Å². The predicted octanol–water partition coefficient (Wildman–Crippen LogP) is 2.44. The molecule has 0 unspecified atom stereocenters. The molecule has 0 spiro atoms. The molecular weight excluding hydrogens is 352 g/mol. The number of rotatable bonds is 6. The Bertz CT molecular complexity index is 699. The smallest absolute Gasteiger partial charge is 0.250 e. The number of amides is 1. The Balaban J connectivity index is 0.00000243. The van der Waals surface area contributed by atoms with Crippen LogP contribution < -0.4 is 10.1 Å². The maximum Gasteiger partial charge on any atom is 0.250 e. The number of nitrogens with one attached hydrogen (secondary N) is 1. The molecule has 2 heterocycles. The number of likely N-dealkylation sites (N-methyl/N-ethyl adjacent to an activating group) is 1. The highest BCUT2D eigenvalue weighted by Gasteiger charge is 2.43. The third-order valence-corrected chi connectivity index (χ3v) is 4.80. The van der Waals surface area contributed by atoms with Crippen molar-refractivity contribution in [1.29, 1.82) is 0 Å². The third-order valence-electron chi connectivity index (χ3n) is 4.80. The molecule has 1 fully saturated rings. The van der Waals surface area contributed by atoms with Crippen LogP contribution >= 0.6 is 12.4 Å². The van der Waals surface area contributed by atoms with Crippen molar-refractivity contribution in [2.75, 3.05) is 26.7 Å². The van der Waals surface area contributed by atoms with Gasteiger partial charge in [0.25, 0.3) is 5.91 Å². The van der Waals surface area contributed by atoms with E-state index >= 15 is 0 Å². The first kappa shape index (κ1) is 20.3. The van der Waals surface area contributed by atoms with Gasteiger partial charge in [0.05, 0.1) is 6.61 Å². The topological polar surface area (TPSA) is 59.4 Å². The summed E-state index contributed by atoms with van der Waals surface area (Å²) in [6.07, 6.45) is 5.11. The lowest BCUT2D eigenvalue weighted by atomic mass is 9.86. The largest absolute Gasteiger partial charge is 0.494 e. The SMILES string of the molecule is CCOc1ccccc1CN(C)C(=O)C1(n2cccn2)CCNCC1.Cl. The molecule has 1 aliphatic heterocycles. The van der Waals surface area contributed by atoms with Gasteiger partial charge in [-0.15, -0.1) is 12.4 Å². The Kier molecular flexibility index (Phi) is 7.06. The molecule has 6 nitrogen and oxygen atoms in total. The molecular formula is C19H27ClN4O2. The van der Waals surface area contributed by atoms with Crippen LogP contribution in [0, 0.1) is 0 Å². The minimum Gasteiger partial charge on any atom is -0.494 e. The molecule has 1 aliphatic rings. The van der Waals surface area contributed by atoms with Gasteiger partial charge in [0, 0.05) is 31.5 Å². The van der Waals surface area contributed by atoms with Gasteiger partial charge in [-0.05, 0) is 45.0 Å². The van der Waals surface area contributed by atoms with E-state index in [0.717, 1.165) is 37.2 Å². The summed E-state index contributed by atoms with van der Waals surface area (Å²) in [5.41, 5.74) is 0.411. The van der Waals surface area contributed by atoms with E-state index in [1.54, 1.807) is 11.1 Å². The first-order chi connectivity index (χ1) is 12.2. The van der Waals surface area contributed by atoms with Crippen molar-refractivity contribution in [2.24, 2.45) is 0 Å². The molecule has 1 N–H and O–H groups in total. The molecule has 7 heteroatoms. The number of benzene rings is 1. The van der Waals surface area contributed by atoms with Gasteiger partial charge in [-0.25, -0.2) is 0 Å². The summed E-state index contributed by atoms with van der Waals surface area (Å²) in [7, 11) is 1.86. The number of carbonyl (C=O) groups is 1. The van der Waals surface area contributed by atoms with Crippen LogP contribution in [0.25, 0.3) is 0 Å². The van der Waals surface area contributed by atoms with E-state index in [1.807, 2.05) is 55.2 Å². The number of hydrogen-bond acceptors (Lipinski definition) is 4. The van der Waals surface area contributed by atoms with Gasteiger partial charge in [-0.2, -0.15) is 5.10 Å². The molecule has 1 aromatic carbocycles. The van der Waals surface area contributed by atoms with Gasteiger partial charge in [0.15, 0.2) is 0 Å². The van der Waals surface area contributed by atoms with Gasteiger partial charge in [0.1, 0.15) is 11.3 Å². The Labute approximate surface area is 160 Å². The Hall–Kier alpha value is -2.05. The Morgan fingerprint density at radius 3 is 2.69 bits per heavy atom. The molecule has 0 aliphatic carbocycles. The van der Waals surface area contributed by atoms with E-state index in [1.165, 1.54) is 0 Å². The molecule has 26 heavy (non-hydrogen) atoms. The maximum atomic E-state index is 13.4. The lowest BCUT2D eigenvalue weighted by molar-refractivity contribution is -0.142. The fourth-order valence-corrected chi connectivity index (χ4v) is 3.52. The monoisotopic (exact) mass is 378 g/mol. The number of halogens is 1. The lowest BCUT2D eigenvalue weighted by Gasteiger charge is -2.39. The van der Waals surface area contributed by atoms with E-state index in [2.05, 4.69) is 10.4 Å². The highest BCUT2D eigenvalue weighted by atomic mass is 35.5. The van der Waals surface area contributed by atoms with Crippen molar-refractivity contribution >= 4 is 18.3 Å². The fraction of sp³-hybridized carbons (Fsp3) is 0.474. The van der Waals surface area contributed by atoms with Crippen LogP contribution in [0.15, 0.2) is 42.7 Å². The quantitative estimate of drug-likeness (QED) is 0.838. The number of carbonyl (C=O) groups excluding carboxylic acids is 1. The van der Waals surface area contributed by atoms with Crippen molar-refractivity contribution in [3.63, 3.8) is 0 Å². The minimum absolute atomic E-state index is 0. The summed E-state index contributed by atoms with van der Waals surface area (Å²) in [5.74, 6) is 0.937. The molecule has 0 radical (unpaired) electrons. The molecule has 1 amide bonds. The van der Waals surface area contributed by atoms with Crippen molar-refractivity contribution in [3.8, 4) is 5.75 Å². The minimum atomic E-state index is -0.607. The van der Waals surface area contributed by atoms with Crippen LogP contribution in [0.5, 0.6) is 5.75 Å². The zero-order chi connectivity index (χ0) is 17.7. The summed E-state index contributed by atoms with van der Waals surface area (Å²) in [6, 6.07) is 9.77. The Morgan fingerprint density at radius 2 is 2.04 bits per heavy atom. The standard InChI is InChI=1S/C19H26N4O2.ClH/c1-3-25-17-8-5-4-7-16(17)15-22(2)18(24)19(9-12-20-13-10-19)23-14-6-11-21-23;/h4-8,11,14,20H,3,9-10,12-13,15H2,1-2H3;1H. The van der Waals surface area contributed by atoms with E-state index in [9.17, 15) is 4.79 Å². The fourth-order valence-electron chi connectivity index (χ4n) is 3.52. The molecule has 0 saturated carbocycles. The van der Waals surface area contributed by atoms with Crippen molar-refractivity contribution in [3.05, 3.63) is 48.3 Å². The zero-order valence-corrected chi connectivity index (χ0v) is 16.2. The Morgan fingerprint density at radius 1 is 1.31 bits per heavy atom. The molecule has 142 valence electrons. The summed E-state index contributed by atoms with van der Waals surface area (Å²) in [6.45, 7) is 4.72. The highest BCUT2D eigenvalue weighted by Crippen LogP contribution is 2.30. The molecule has 3 rings (SSSR count). The van der Waals surface area contributed by atoms with Crippen LogP contribution in [-0.2, 0) is 16.9 Å². The van der Waals surface area contributed by atoms with Gasteiger partial charge >= 0.3 is 0 Å². The first-order valence-electron chi connectivity index (χ1n) is 8.84. The maximum absolute atomic E-state index is 13.4. The van der Waals surface area contributed by atoms with Crippen molar-refractivity contribution in [2.45, 2.75) is 31.8 Å². The van der Waals surface area contributed by atoms with Crippen LogP contribution in [0.3, 0.4) is 0 Å². The van der Waals surface area contributed by atoms with Gasteiger partial charge in [-0.1, -0.05) is 18.2 Å². The van der Waals surface area contributed by atoms with E-state index in [4.69, 9.17) is 4.74 Å². The summed E-state index contributed by atoms with van der Waals surface area (Å²) >= 11 is 0. The number of piperidine rings is 1. The van der Waals surface area contributed by atoms with Gasteiger partial charge < -0.3 is 15.0 Å². The number of ether oxygens (including phenoxy) is 1. The highest BCUT2D eigenvalue weighted by molar-refractivity contribution is 5.85. The average molecular weight is 379 g/mol. The van der Waals surface area contributed by atoms with Gasteiger partial charge in [0.2, 0.25) is 0 Å². The second-order valence-electron chi connectivity index (χ2n) is 6.43. The predicted molar refractivity (Wildman–Crippen MR) is 104 cm³/mol. The molecule has 2 aromatic rings. The first-order valence-corrected chi connectivity index (χ1v) is 8.84. The van der Waals surface area contributed by atoms with Crippen LogP contribution in [0.4, 0.5) is 0 Å². The lowest BCUT2D eigenvalue weighted by Crippen LogP contribution is -2.54. The molecule has 0 atom stereocenters. The second-order valence-corrected chi connectivity index (χ2v) is 6.43. The third kappa shape index (κ3) is 4.02. The number of para-hydroxylation sites is 1. The van der Waals surface area contributed by atoms with Crippen molar-refractivity contribution in [1.82, 2.24) is 20.0 Å². The number of aromatic nitrogens is 2. The average Bonchev–Trinajstić information content (AvgIpc) is 3.19. The summed E-state index contributed by atoms with van der Waals surface area (Å²) in [4.78, 5) is 15.2. The van der Waals surface area contributed by atoms with Crippen molar-refractivity contribution < 1.29 is 9.53 Å². The zero-order valence-electron chi connectivity index (χ0n) is 15.4. The molecule has 1 saturated heterocycles. The van der Waals surface area contributed by atoms with Crippen LogP contribution in [-0.4, -0.2) is 47.3 Å². The normalized spacial score (nSPS) is 15.8. The van der Waals surface area contributed by atoms with Crippen LogP contribution in [0.2, 0.25) is 0 Å². The molecule has 1 aromatic heterocycles. The second kappa shape index (κ2) is 9.05.